The Morgan fingerprint density at radius 2 is 1.87 bits per heavy atom. The van der Waals surface area contributed by atoms with Gasteiger partial charge < -0.3 is 10.1 Å². The molecule has 0 aliphatic heterocycles. The van der Waals surface area contributed by atoms with E-state index in [2.05, 4.69) is 10.3 Å². The quantitative estimate of drug-likeness (QED) is 0.767. The molecule has 0 saturated carbocycles. The maximum Gasteiger partial charge on any atom is 0.262 e. The van der Waals surface area contributed by atoms with E-state index in [9.17, 15) is 4.79 Å². The van der Waals surface area contributed by atoms with Gasteiger partial charge in [0.05, 0.1) is 0 Å². The zero-order chi connectivity index (χ0) is 16.1. The van der Waals surface area contributed by atoms with Crippen LogP contribution in [-0.4, -0.2) is 17.5 Å². The minimum atomic E-state index is -0.187. The summed E-state index contributed by atoms with van der Waals surface area (Å²) in [6.45, 7) is 1.99. The van der Waals surface area contributed by atoms with E-state index in [1.807, 2.05) is 60.8 Å². The Hall–Kier alpha value is -2.66. The SMILES string of the molecule is Cc1ccc(OCC(=O)Nc2ccc(-c3nccs3)cc2)cc1. The second kappa shape index (κ2) is 7.07. The first-order valence-electron chi connectivity index (χ1n) is 7.20. The number of amides is 1. The van der Waals surface area contributed by atoms with Crippen LogP contribution in [0.4, 0.5) is 5.69 Å². The molecule has 0 unspecified atom stereocenters. The molecule has 0 fully saturated rings. The zero-order valence-corrected chi connectivity index (χ0v) is 13.5. The van der Waals surface area contributed by atoms with Gasteiger partial charge in [0.1, 0.15) is 10.8 Å². The van der Waals surface area contributed by atoms with Crippen molar-refractivity contribution in [3.63, 3.8) is 0 Å². The summed E-state index contributed by atoms with van der Waals surface area (Å²) in [5, 5.41) is 5.72. The molecule has 2 aromatic carbocycles. The summed E-state index contributed by atoms with van der Waals surface area (Å²) in [5.41, 5.74) is 2.93. The lowest BCUT2D eigenvalue weighted by atomic mass is 10.2. The van der Waals surface area contributed by atoms with Crippen LogP contribution in [0.2, 0.25) is 0 Å². The van der Waals surface area contributed by atoms with E-state index in [0.29, 0.717) is 5.75 Å². The maximum atomic E-state index is 11.9. The number of benzene rings is 2. The third-order valence-corrected chi connectivity index (χ3v) is 4.06. The number of aryl methyl sites for hydroxylation is 1. The molecule has 0 saturated heterocycles. The molecule has 23 heavy (non-hydrogen) atoms. The van der Waals surface area contributed by atoms with Crippen molar-refractivity contribution in [3.05, 3.63) is 65.7 Å². The van der Waals surface area contributed by atoms with Crippen LogP contribution in [0.1, 0.15) is 5.56 Å². The van der Waals surface area contributed by atoms with Crippen LogP contribution in [0.5, 0.6) is 5.75 Å². The highest BCUT2D eigenvalue weighted by Gasteiger charge is 2.05. The molecule has 3 rings (SSSR count). The zero-order valence-electron chi connectivity index (χ0n) is 12.7. The summed E-state index contributed by atoms with van der Waals surface area (Å²) in [5.74, 6) is 0.498. The number of rotatable bonds is 5. The summed E-state index contributed by atoms with van der Waals surface area (Å²) in [6.07, 6.45) is 1.78. The molecule has 3 aromatic rings. The van der Waals surface area contributed by atoms with Crippen molar-refractivity contribution in [2.45, 2.75) is 6.92 Å². The van der Waals surface area contributed by atoms with Crippen molar-refractivity contribution in [3.8, 4) is 16.3 Å². The van der Waals surface area contributed by atoms with Crippen LogP contribution >= 0.6 is 11.3 Å². The lowest BCUT2D eigenvalue weighted by Gasteiger charge is -2.08. The van der Waals surface area contributed by atoms with Crippen LogP contribution in [0.25, 0.3) is 10.6 Å². The number of nitrogens with zero attached hydrogens (tertiary/aromatic N) is 1. The molecule has 0 radical (unpaired) electrons. The number of ether oxygens (including phenoxy) is 1. The molecule has 0 aliphatic rings. The molecule has 0 spiro atoms. The Labute approximate surface area is 138 Å². The maximum absolute atomic E-state index is 11.9. The first kappa shape index (κ1) is 15.2. The van der Waals surface area contributed by atoms with Gasteiger partial charge in [0.2, 0.25) is 0 Å². The lowest BCUT2D eigenvalue weighted by Crippen LogP contribution is -2.20. The van der Waals surface area contributed by atoms with E-state index in [0.717, 1.165) is 21.8 Å². The summed E-state index contributed by atoms with van der Waals surface area (Å²) in [4.78, 5) is 16.2. The highest BCUT2D eigenvalue weighted by Crippen LogP contribution is 2.23. The highest BCUT2D eigenvalue weighted by molar-refractivity contribution is 7.13. The monoisotopic (exact) mass is 324 g/mol. The smallest absolute Gasteiger partial charge is 0.262 e. The molecule has 116 valence electrons. The predicted octanol–water partition coefficient (Wildman–Crippen LogP) is 4.14. The molecule has 4 nitrogen and oxygen atoms in total. The molecule has 0 bridgehead atoms. The van der Waals surface area contributed by atoms with E-state index in [-0.39, 0.29) is 12.5 Å². The van der Waals surface area contributed by atoms with Crippen molar-refractivity contribution >= 4 is 22.9 Å². The van der Waals surface area contributed by atoms with Crippen molar-refractivity contribution in [1.29, 1.82) is 0 Å². The van der Waals surface area contributed by atoms with Crippen LogP contribution in [0, 0.1) is 6.92 Å². The van der Waals surface area contributed by atoms with E-state index < -0.39 is 0 Å². The fourth-order valence-corrected chi connectivity index (χ4v) is 2.69. The molecule has 0 atom stereocenters. The number of thiazole rings is 1. The van der Waals surface area contributed by atoms with E-state index >= 15 is 0 Å². The first-order valence-corrected chi connectivity index (χ1v) is 8.08. The van der Waals surface area contributed by atoms with E-state index in [1.165, 1.54) is 0 Å². The van der Waals surface area contributed by atoms with Crippen molar-refractivity contribution in [2.24, 2.45) is 0 Å². The third-order valence-electron chi connectivity index (χ3n) is 3.24. The van der Waals surface area contributed by atoms with Gasteiger partial charge in [-0.25, -0.2) is 4.98 Å². The molecule has 5 heteroatoms. The van der Waals surface area contributed by atoms with Gasteiger partial charge in [-0.1, -0.05) is 17.7 Å². The summed E-state index contributed by atoms with van der Waals surface area (Å²) >= 11 is 1.58. The summed E-state index contributed by atoms with van der Waals surface area (Å²) in [7, 11) is 0. The lowest BCUT2D eigenvalue weighted by molar-refractivity contribution is -0.118. The molecule has 0 aliphatic carbocycles. The van der Waals surface area contributed by atoms with E-state index in [1.54, 1.807) is 17.5 Å². The number of hydrogen-bond acceptors (Lipinski definition) is 4. The van der Waals surface area contributed by atoms with Gasteiger partial charge in [-0.05, 0) is 43.3 Å². The molecular formula is C18H16N2O2S. The number of anilines is 1. The number of hydrogen-bond donors (Lipinski definition) is 1. The van der Waals surface area contributed by atoms with Crippen LogP contribution in [-0.2, 0) is 4.79 Å². The molecule has 1 aromatic heterocycles. The molecule has 1 heterocycles. The average molecular weight is 324 g/mol. The Morgan fingerprint density at radius 3 is 2.52 bits per heavy atom. The van der Waals surface area contributed by atoms with Crippen molar-refractivity contribution in [2.75, 3.05) is 11.9 Å². The van der Waals surface area contributed by atoms with Gasteiger partial charge in [-0.2, -0.15) is 0 Å². The average Bonchev–Trinajstić information content (AvgIpc) is 3.09. The van der Waals surface area contributed by atoms with Crippen LogP contribution in [0.3, 0.4) is 0 Å². The van der Waals surface area contributed by atoms with Crippen molar-refractivity contribution in [1.82, 2.24) is 4.98 Å². The summed E-state index contributed by atoms with van der Waals surface area (Å²) in [6, 6.07) is 15.2. The second-order valence-electron chi connectivity index (χ2n) is 5.06. The molecule has 1 amide bonds. The fourth-order valence-electron chi connectivity index (χ4n) is 2.04. The van der Waals surface area contributed by atoms with Gasteiger partial charge in [-0.15, -0.1) is 11.3 Å². The number of aromatic nitrogens is 1. The Kier molecular flexibility index (Phi) is 4.68. The highest BCUT2D eigenvalue weighted by atomic mass is 32.1. The Morgan fingerprint density at radius 1 is 1.13 bits per heavy atom. The minimum absolute atomic E-state index is 0.0166. The molecule has 1 N–H and O–H groups in total. The topological polar surface area (TPSA) is 51.2 Å². The number of nitrogens with one attached hydrogen (secondary N) is 1. The fraction of sp³-hybridized carbons (Fsp3) is 0.111. The van der Waals surface area contributed by atoms with Gasteiger partial charge >= 0.3 is 0 Å². The molecular weight excluding hydrogens is 308 g/mol. The van der Waals surface area contributed by atoms with Crippen molar-refractivity contribution < 1.29 is 9.53 Å². The summed E-state index contributed by atoms with van der Waals surface area (Å²) < 4.78 is 5.46. The Bertz CT molecular complexity index is 766. The Balaban J connectivity index is 1.54. The largest absolute Gasteiger partial charge is 0.484 e. The van der Waals surface area contributed by atoms with Gasteiger partial charge in [-0.3, -0.25) is 4.79 Å². The van der Waals surface area contributed by atoms with E-state index in [4.69, 9.17) is 4.74 Å². The van der Waals surface area contributed by atoms with Gasteiger partial charge in [0, 0.05) is 22.8 Å². The van der Waals surface area contributed by atoms with Gasteiger partial charge in [0.25, 0.3) is 5.91 Å². The van der Waals surface area contributed by atoms with Gasteiger partial charge in [0.15, 0.2) is 6.61 Å². The normalized spacial score (nSPS) is 10.3. The predicted molar refractivity (Wildman–Crippen MR) is 92.9 cm³/mol. The number of carbonyl (C=O) groups excluding carboxylic acids is 1. The third kappa shape index (κ3) is 4.17. The van der Waals surface area contributed by atoms with Crippen LogP contribution < -0.4 is 10.1 Å². The standard InChI is InChI=1S/C18H16N2O2S/c1-13-2-8-16(9-3-13)22-12-17(21)20-15-6-4-14(5-7-15)18-19-10-11-23-18/h2-11H,12H2,1H3,(H,20,21). The first-order chi connectivity index (χ1) is 11.2. The number of carbonyl (C=O) groups is 1. The van der Waals surface area contributed by atoms with Crippen LogP contribution in [0.15, 0.2) is 60.1 Å². The second-order valence-corrected chi connectivity index (χ2v) is 5.96. The minimum Gasteiger partial charge on any atom is -0.484 e.